The molecule has 3 amide bonds. The number of hydrogen-bond donors (Lipinski definition) is 3. The Hall–Kier alpha value is -5.31. The molecule has 1 unspecified atom stereocenters. The number of carbonyl (C=O) groups excluding carboxylic acids is 2. The first kappa shape index (κ1) is 25.0. The number of imidazole rings is 1. The van der Waals surface area contributed by atoms with Gasteiger partial charge >= 0.3 is 6.03 Å². The molecule has 5 aromatic rings. The maximum Gasteiger partial charge on any atom is 0.324 e. The fourth-order valence-corrected chi connectivity index (χ4v) is 4.75. The number of halogens is 1. The van der Waals surface area contributed by atoms with Gasteiger partial charge in [-0.05, 0) is 55.0 Å². The Balaban J connectivity index is 1.47. The molecule has 0 saturated heterocycles. The largest absolute Gasteiger partial charge is 0.340 e. The van der Waals surface area contributed by atoms with Crippen molar-refractivity contribution < 1.29 is 14.0 Å². The molecule has 2 heterocycles. The van der Waals surface area contributed by atoms with Crippen LogP contribution in [-0.2, 0) is 11.3 Å². The van der Waals surface area contributed by atoms with E-state index in [0.29, 0.717) is 22.8 Å². The molecule has 0 aliphatic carbocycles. The number of aromatic nitrogens is 2. The third-order valence-corrected chi connectivity index (χ3v) is 6.64. The van der Waals surface area contributed by atoms with Crippen LogP contribution in [0, 0.1) is 12.7 Å². The predicted octanol–water partition coefficient (Wildman–Crippen LogP) is 5.86. The molecule has 40 heavy (non-hydrogen) atoms. The van der Waals surface area contributed by atoms with E-state index in [0.717, 1.165) is 16.6 Å². The molecule has 4 aromatic carbocycles. The Morgan fingerprint density at radius 2 is 1.70 bits per heavy atom. The van der Waals surface area contributed by atoms with Crippen molar-refractivity contribution >= 4 is 40.1 Å². The molecular formula is C31H25FN6O2. The van der Waals surface area contributed by atoms with E-state index in [1.165, 1.54) is 11.0 Å². The lowest BCUT2D eigenvalue weighted by molar-refractivity contribution is -0.120. The third-order valence-electron chi connectivity index (χ3n) is 6.64. The Morgan fingerprint density at radius 3 is 2.50 bits per heavy atom. The number of rotatable bonds is 5. The van der Waals surface area contributed by atoms with Gasteiger partial charge in [-0.25, -0.2) is 19.2 Å². The maximum atomic E-state index is 15.1. The van der Waals surface area contributed by atoms with Gasteiger partial charge in [0.05, 0.1) is 29.0 Å². The molecule has 8 nitrogen and oxygen atoms in total. The maximum absolute atomic E-state index is 15.1. The van der Waals surface area contributed by atoms with Crippen molar-refractivity contribution in [3.8, 4) is 0 Å². The normalized spacial score (nSPS) is 14.6. The minimum atomic E-state index is -1.33. The summed E-state index contributed by atoms with van der Waals surface area (Å²) in [5.41, 5.74) is 4.55. The summed E-state index contributed by atoms with van der Waals surface area (Å²) in [6, 6.07) is 27.6. The summed E-state index contributed by atoms with van der Waals surface area (Å²) in [5, 5.41) is 5.77. The number of urea groups is 1. The lowest BCUT2D eigenvalue weighted by Gasteiger charge is -2.27. The monoisotopic (exact) mass is 532 g/mol. The number of H-pyrrole nitrogens is 1. The van der Waals surface area contributed by atoms with Gasteiger partial charge in [0.25, 0.3) is 5.91 Å². The number of amides is 3. The number of aliphatic imine (C=N–C) groups is 1. The van der Waals surface area contributed by atoms with Crippen molar-refractivity contribution in [3.05, 3.63) is 125 Å². The third kappa shape index (κ3) is 4.92. The molecule has 9 heteroatoms. The zero-order chi connectivity index (χ0) is 27.6. The number of fused-ring (bicyclic) bond motifs is 2. The van der Waals surface area contributed by atoms with Crippen LogP contribution in [0.4, 0.5) is 20.6 Å². The number of aryl methyl sites for hydroxylation is 1. The molecule has 0 spiro atoms. The van der Waals surface area contributed by atoms with Gasteiger partial charge < -0.3 is 15.6 Å². The van der Waals surface area contributed by atoms with E-state index in [1.807, 2.05) is 49.4 Å². The van der Waals surface area contributed by atoms with Gasteiger partial charge in [-0.3, -0.25) is 9.69 Å². The predicted molar refractivity (Wildman–Crippen MR) is 153 cm³/mol. The standard InChI is InChI=1S/C31H25FN6O2/c1-19-9-8-10-20(17-19)33-31(40)38(18-27-34-25-15-6-7-16-26(25)35-27)29-30(39)36-24-14-5-3-12-22(24)28(37-29)21-11-2-4-13-23(21)32/h2-17,29H,18H2,1H3,(H,33,40)(H,34,35)(H,36,39). The Morgan fingerprint density at radius 1 is 0.950 bits per heavy atom. The second kappa shape index (κ2) is 10.5. The molecule has 1 aliphatic rings. The van der Waals surface area contributed by atoms with Crippen molar-refractivity contribution in [2.45, 2.75) is 19.6 Å². The zero-order valence-corrected chi connectivity index (χ0v) is 21.6. The minimum Gasteiger partial charge on any atom is -0.340 e. The molecule has 0 radical (unpaired) electrons. The van der Waals surface area contributed by atoms with Crippen LogP contribution in [0.5, 0.6) is 0 Å². The van der Waals surface area contributed by atoms with Crippen LogP contribution in [0.25, 0.3) is 11.0 Å². The molecule has 1 aliphatic heterocycles. The van der Waals surface area contributed by atoms with Crippen LogP contribution in [0.1, 0.15) is 22.5 Å². The van der Waals surface area contributed by atoms with E-state index in [2.05, 4.69) is 20.6 Å². The Bertz CT molecular complexity index is 1750. The number of nitrogens with zero attached hydrogens (tertiary/aromatic N) is 3. The van der Waals surface area contributed by atoms with Crippen LogP contribution in [0.2, 0.25) is 0 Å². The van der Waals surface area contributed by atoms with Gasteiger partial charge in [-0.1, -0.05) is 54.6 Å². The number of aromatic amines is 1. The first-order valence-electron chi connectivity index (χ1n) is 12.8. The van der Waals surface area contributed by atoms with Crippen LogP contribution in [0.15, 0.2) is 102 Å². The highest BCUT2D eigenvalue weighted by Gasteiger charge is 2.34. The van der Waals surface area contributed by atoms with E-state index < -0.39 is 23.9 Å². The summed E-state index contributed by atoms with van der Waals surface area (Å²) in [6.07, 6.45) is -1.33. The second-order valence-corrected chi connectivity index (χ2v) is 9.49. The number of benzodiazepines with no additional fused rings is 1. The fraction of sp³-hybridized carbons (Fsp3) is 0.0968. The summed E-state index contributed by atoms with van der Waals surface area (Å²) in [6.45, 7) is 1.86. The van der Waals surface area contributed by atoms with Crippen LogP contribution in [0.3, 0.4) is 0 Å². The number of anilines is 2. The van der Waals surface area contributed by atoms with Crippen molar-refractivity contribution in [3.63, 3.8) is 0 Å². The van der Waals surface area contributed by atoms with E-state index >= 15 is 4.39 Å². The van der Waals surface area contributed by atoms with E-state index in [4.69, 9.17) is 4.99 Å². The lowest BCUT2D eigenvalue weighted by Crippen LogP contribution is -2.47. The fourth-order valence-electron chi connectivity index (χ4n) is 4.75. The summed E-state index contributed by atoms with van der Waals surface area (Å²) in [7, 11) is 0. The Labute approximate surface area is 229 Å². The molecule has 0 saturated carbocycles. The van der Waals surface area contributed by atoms with Gasteiger partial charge in [-0.2, -0.15) is 0 Å². The first-order chi connectivity index (χ1) is 19.5. The SMILES string of the molecule is Cc1cccc(NC(=O)N(Cc2nc3ccccc3[nH]2)C2N=C(c3ccccc3F)c3ccccc3NC2=O)c1. The van der Waals surface area contributed by atoms with E-state index in [-0.39, 0.29) is 17.8 Å². The highest BCUT2D eigenvalue weighted by Crippen LogP contribution is 2.27. The van der Waals surface area contributed by atoms with Crippen LogP contribution < -0.4 is 10.6 Å². The zero-order valence-electron chi connectivity index (χ0n) is 21.6. The number of carbonyl (C=O) groups is 2. The molecule has 6 rings (SSSR count). The smallest absolute Gasteiger partial charge is 0.324 e. The van der Waals surface area contributed by atoms with Crippen molar-refractivity contribution in [2.24, 2.45) is 4.99 Å². The highest BCUT2D eigenvalue weighted by atomic mass is 19.1. The minimum absolute atomic E-state index is 0.0607. The number of nitrogens with one attached hydrogen (secondary N) is 3. The van der Waals surface area contributed by atoms with Gasteiger partial charge in [0.2, 0.25) is 6.17 Å². The molecule has 1 aromatic heterocycles. The Kier molecular flexibility index (Phi) is 6.53. The van der Waals surface area contributed by atoms with Gasteiger partial charge in [-0.15, -0.1) is 0 Å². The van der Waals surface area contributed by atoms with E-state index in [1.54, 1.807) is 48.5 Å². The van der Waals surface area contributed by atoms with Crippen molar-refractivity contribution in [1.82, 2.24) is 14.9 Å². The van der Waals surface area contributed by atoms with E-state index in [9.17, 15) is 9.59 Å². The molecule has 198 valence electrons. The second-order valence-electron chi connectivity index (χ2n) is 9.49. The number of benzene rings is 4. The summed E-state index contributed by atoms with van der Waals surface area (Å²) < 4.78 is 15.1. The van der Waals surface area contributed by atoms with Crippen molar-refractivity contribution in [1.29, 1.82) is 0 Å². The van der Waals surface area contributed by atoms with Crippen LogP contribution in [-0.4, -0.2) is 38.7 Å². The molecule has 0 bridgehead atoms. The molecule has 3 N–H and O–H groups in total. The van der Waals surface area contributed by atoms with Gasteiger partial charge in [0.1, 0.15) is 11.6 Å². The molecular weight excluding hydrogens is 507 g/mol. The van der Waals surface area contributed by atoms with Crippen LogP contribution >= 0.6 is 0 Å². The average molecular weight is 533 g/mol. The topological polar surface area (TPSA) is 102 Å². The number of para-hydroxylation sites is 3. The quantitative estimate of drug-likeness (QED) is 0.264. The first-order valence-corrected chi connectivity index (χ1v) is 12.8. The van der Waals surface area contributed by atoms with Crippen molar-refractivity contribution in [2.75, 3.05) is 10.6 Å². The summed E-state index contributed by atoms with van der Waals surface area (Å²) >= 11 is 0. The van der Waals surface area contributed by atoms with Gasteiger partial charge in [0.15, 0.2) is 0 Å². The lowest BCUT2D eigenvalue weighted by atomic mass is 10.0. The summed E-state index contributed by atoms with van der Waals surface area (Å²) in [4.78, 5) is 41.4. The summed E-state index contributed by atoms with van der Waals surface area (Å²) in [5.74, 6) is -0.552. The highest BCUT2D eigenvalue weighted by molar-refractivity contribution is 6.20. The van der Waals surface area contributed by atoms with Gasteiger partial charge in [0, 0.05) is 16.8 Å². The molecule has 0 fully saturated rings. The molecule has 1 atom stereocenters. The average Bonchev–Trinajstić information content (AvgIpc) is 3.30. The number of hydrogen-bond acceptors (Lipinski definition) is 4.